The molecule has 6 rings (SSSR count). The minimum absolute atomic E-state index is 0.0280. The number of nitrogens with one attached hydrogen (secondary N) is 1. The molecular weight excluding hydrogens is 875 g/mol. The Kier molecular flexibility index (Phi) is 18.9. The maximum Gasteiger partial charge on any atom is 0.289 e. The zero-order chi connectivity index (χ0) is 48.0. The summed E-state index contributed by atoms with van der Waals surface area (Å²) >= 11 is 0. The Bertz CT molecular complexity index is 2180. The summed E-state index contributed by atoms with van der Waals surface area (Å²) in [7, 11) is 0. The molecule has 368 valence electrons. The molecule has 22 heteroatoms. The smallest absolute Gasteiger partial charge is 0.289 e. The van der Waals surface area contributed by atoms with Crippen LogP contribution in [0.3, 0.4) is 0 Å². The Hall–Kier alpha value is -5.14. The van der Waals surface area contributed by atoms with E-state index in [1.54, 1.807) is 21.5 Å². The Balaban J connectivity index is 0.869. The van der Waals surface area contributed by atoms with Crippen LogP contribution in [0.25, 0.3) is 17.1 Å². The number of piperidine rings is 1. The van der Waals surface area contributed by atoms with Gasteiger partial charge in [-0.2, -0.15) is 0 Å². The van der Waals surface area contributed by atoms with E-state index in [4.69, 9.17) is 29.4 Å². The van der Waals surface area contributed by atoms with Crippen LogP contribution in [-0.2, 0) is 47.9 Å². The molecule has 2 aliphatic rings. The summed E-state index contributed by atoms with van der Waals surface area (Å²) in [4.78, 5) is 28.2. The first kappa shape index (κ1) is 51.3. The van der Waals surface area contributed by atoms with Gasteiger partial charge in [0.05, 0.1) is 76.7 Å². The monoisotopic (exact) mass is 939 g/mol. The number of aromatic nitrogens is 6. The fraction of sp³-hybridized carbons (Fsp3) is 0.600. The van der Waals surface area contributed by atoms with Crippen molar-refractivity contribution in [1.29, 1.82) is 0 Å². The lowest BCUT2D eigenvalue weighted by atomic mass is 9.89. The highest BCUT2D eigenvalue weighted by Crippen LogP contribution is 2.38. The number of carbonyl (C=O) groups excluding carboxylic acids is 2. The summed E-state index contributed by atoms with van der Waals surface area (Å²) in [6.07, 6.45) is -2.20. The van der Waals surface area contributed by atoms with Crippen molar-refractivity contribution in [2.45, 2.75) is 95.7 Å². The Labute approximate surface area is 388 Å². The van der Waals surface area contributed by atoms with Crippen LogP contribution in [0.15, 0.2) is 42.6 Å². The van der Waals surface area contributed by atoms with Gasteiger partial charge in [0, 0.05) is 44.0 Å². The number of aliphatic hydroxyl groups excluding tert-OH is 4. The van der Waals surface area contributed by atoms with Gasteiger partial charge in [-0.25, -0.2) is 4.68 Å². The van der Waals surface area contributed by atoms with Crippen molar-refractivity contribution in [3.05, 3.63) is 65.2 Å². The second kappa shape index (κ2) is 24.8. The molecule has 2 fully saturated rings. The Morgan fingerprint density at radius 2 is 1.55 bits per heavy atom. The van der Waals surface area contributed by atoms with E-state index < -0.39 is 49.3 Å². The van der Waals surface area contributed by atoms with E-state index in [1.807, 2.05) is 49.9 Å². The first-order valence-electron chi connectivity index (χ1n) is 22.8. The molecule has 0 radical (unpaired) electrons. The number of amides is 2. The number of phenolic OH excluding ortho intramolecular Hbond substituents is 2. The summed E-state index contributed by atoms with van der Waals surface area (Å²) in [6.45, 7) is 9.06. The van der Waals surface area contributed by atoms with E-state index in [2.05, 4.69) is 25.8 Å². The minimum Gasteiger partial charge on any atom is -0.508 e. The molecule has 0 unspecified atom stereocenters. The van der Waals surface area contributed by atoms with Gasteiger partial charge < -0.3 is 70.3 Å². The Morgan fingerprint density at radius 3 is 2.21 bits per heavy atom. The van der Waals surface area contributed by atoms with Crippen LogP contribution in [0.5, 0.6) is 11.5 Å². The molecule has 4 aromatic rings. The van der Waals surface area contributed by atoms with Crippen LogP contribution in [0.4, 0.5) is 0 Å². The molecule has 2 aliphatic heterocycles. The molecule has 2 amide bonds. The normalized spacial score (nSPS) is 20.7. The molecule has 4 heterocycles. The van der Waals surface area contributed by atoms with Gasteiger partial charge in [0.25, 0.3) is 5.91 Å². The predicted molar refractivity (Wildman–Crippen MR) is 239 cm³/mol. The molecule has 0 saturated carbocycles. The summed E-state index contributed by atoms with van der Waals surface area (Å²) in [5.74, 6) is -0.103. The number of hydrogen-bond donors (Lipinski definition) is 8. The first-order chi connectivity index (χ1) is 32.3. The van der Waals surface area contributed by atoms with Gasteiger partial charge >= 0.3 is 0 Å². The quantitative estimate of drug-likeness (QED) is 0.0430. The van der Waals surface area contributed by atoms with Crippen LogP contribution in [-0.4, -0.2) is 186 Å². The fourth-order valence-corrected chi connectivity index (χ4v) is 8.01. The molecule has 2 aromatic carbocycles. The van der Waals surface area contributed by atoms with E-state index >= 15 is 0 Å². The number of ether oxygens (including phenoxy) is 5. The second-order valence-electron chi connectivity index (χ2n) is 17.0. The van der Waals surface area contributed by atoms with E-state index in [1.165, 1.54) is 6.07 Å². The number of rotatable bonds is 24. The molecule has 0 spiro atoms. The first-order valence-corrected chi connectivity index (χ1v) is 22.8. The van der Waals surface area contributed by atoms with E-state index in [-0.39, 0.29) is 61.2 Å². The van der Waals surface area contributed by atoms with Gasteiger partial charge in [0.1, 0.15) is 35.9 Å². The molecule has 6 atom stereocenters. The van der Waals surface area contributed by atoms with Crippen LogP contribution in [0.2, 0.25) is 0 Å². The number of phenols is 2. The van der Waals surface area contributed by atoms with Crippen molar-refractivity contribution < 1.29 is 63.9 Å². The van der Waals surface area contributed by atoms with Crippen molar-refractivity contribution in [2.75, 3.05) is 72.5 Å². The average molecular weight is 940 g/mol. The number of likely N-dealkylation sites (tertiary alicyclic amines) is 1. The van der Waals surface area contributed by atoms with Crippen LogP contribution in [0.1, 0.15) is 67.0 Å². The molecule has 9 N–H and O–H groups in total. The molecule has 2 aromatic heterocycles. The van der Waals surface area contributed by atoms with Gasteiger partial charge in [-0.3, -0.25) is 14.2 Å². The van der Waals surface area contributed by atoms with Gasteiger partial charge in [0.2, 0.25) is 11.7 Å². The van der Waals surface area contributed by atoms with Crippen molar-refractivity contribution in [2.24, 2.45) is 11.7 Å². The lowest BCUT2D eigenvalue weighted by Crippen LogP contribution is -2.59. The number of nitrogens with zero attached hydrogens (tertiary/aromatic N) is 7. The van der Waals surface area contributed by atoms with Crippen LogP contribution >= 0.6 is 0 Å². The third kappa shape index (κ3) is 13.5. The van der Waals surface area contributed by atoms with E-state index in [0.29, 0.717) is 81.0 Å². The Morgan fingerprint density at radius 1 is 0.881 bits per heavy atom. The second-order valence-corrected chi connectivity index (χ2v) is 17.0. The summed E-state index contributed by atoms with van der Waals surface area (Å²) in [5.41, 5.74) is 9.68. The molecule has 0 aliphatic carbocycles. The topological polar surface area (TPSA) is 304 Å². The maximum absolute atomic E-state index is 13.4. The standard InChI is InChI=1S/C45H65N9O13/c1-4-47-43(61)42-50-49-41(33-23-32(27(2)3)35(56)24-36(33)57)54(42)31-7-5-28(6-8-31)21-29-9-11-52(12-10-29)44(62)34(46)22-30-25-53(51-48-30)13-14-63-15-16-64-17-18-65-19-20-66-45-40(60)39(59)38(58)37(26-55)67-45/h5-8,23-25,27,29,34,37-40,45,55-60H,4,9-22,26,46H2,1-3H3,(H,47,61)/t34-,37+,38+,39-,40+,45+/m0/s1. The van der Waals surface area contributed by atoms with Gasteiger partial charge in [-0.05, 0) is 67.3 Å². The van der Waals surface area contributed by atoms with Crippen LogP contribution < -0.4 is 11.1 Å². The molecular formula is C45H65N9O13. The lowest BCUT2D eigenvalue weighted by Gasteiger charge is -2.39. The van der Waals surface area contributed by atoms with Gasteiger partial charge in [-0.15, -0.1) is 15.3 Å². The van der Waals surface area contributed by atoms with Crippen molar-refractivity contribution >= 4 is 11.8 Å². The van der Waals surface area contributed by atoms with Gasteiger partial charge in [0.15, 0.2) is 12.1 Å². The summed E-state index contributed by atoms with van der Waals surface area (Å²) < 4.78 is 30.5. The highest BCUT2D eigenvalue weighted by Gasteiger charge is 2.44. The van der Waals surface area contributed by atoms with E-state index in [0.717, 1.165) is 24.8 Å². The van der Waals surface area contributed by atoms with Gasteiger partial charge in [-0.1, -0.05) is 31.2 Å². The summed E-state index contributed by atoms with van der Waals surface area (Å²) in [6, 6.07) is 9.99. The molecule has 67 heavy (non-hydrogen) atoms. The highest BCUT2D eigenvalue weighted by atomic mass is 16.7. The van der Waals surface area contributed by atoms with Crippen molar-refractivity contribution in [3.63, 3.8) is 0 Å². The zero-order valence-electron chi connectivity index (χ0n) is 38.2. The summed E-state index contributed by atoms with van der Waals surface area (Å²) in [5, 5.41) is 79.8. The lowest BCUT2D eigenvalue weighted by molar-refractivity contribution is -0.302. The molecule has 2 saturated heterocycles. The highest BCUT2D eigenvalue weighted by molar-refractivity contribution is 5.92. The number of carbonyl (C=O) groups is 2. The zero-order valence-corrected chi connectivity index (χ0v) is 38.2. The van der Waals surface area contributed by atoms with Crippen molar-refractivity contribution in [1.82, 2.24) is 40.0 Å². The number of nitrogens with two attached hydrogens (primary N) is 1. The molecule has 22 nitrogen and oxygen atoms in total. The third-order valence-electron chi connectivity index (χ3n) is 11.8. The van der Waals surface area contributed by atoms with E-state index in [9.17, 15) is 40.2 Å². The van der Waals surface area contributed by atoms with Crippen molar-refractivity contribution in [3.8, 4) is 28.6 Å². The minimum atomic E-state index is -1.50. The predicted octanol–water partition coefficient (Wildman–Crippen LogP) is 0.0275. The third-order valence-corrected chi connectivity index (χ3v) is 11.8. The van der Waals surface area contributed by atoms with Crippen LogP contribution in [0, 0.1) is 5.92 Å². The maximum atomic E-state index is 13.4. The number of aliphatic hydroxyl groups is 4. The fourth-order valence-electron chi connectivity index (χ4n) is 8.01. The largest absolute Gasteiger partial charge is 0.508 e. The molecule has 0 bridgehead atoms. The number of aromatic hydroxyl groups is 2. The average Bonchev–Trinajstić information content (AvgIpc) is 3.97. The SMILES string of the molecule is CCNC(=O)c1nnc(-c2cc(C(C)C)c(O)cc2O)n1-c1ccc(CC2CCN(C(=O)[C@@H](N)Cc3cn(CCOCCOCCOCCO[C@@H]4O[C@H](CO)[C@@H](O)[C@H](O)[C@H]4O)nn3)CC2)cc1. The number of benzene rings is 2. The number of hydrogen-bond acceptors (Lipinski definition) is 18.